The van der Waals surface area contributed by atoms with Gasteiger partial charge in [-0.05, 0) is 42.4 Å². The van der Waals surface area contributed by atoms with Crippen molar-refractivity contribution in [2.24, 2.45) is 13.0 Å². The van der Waals surface area contributed by atoms with Gasteiger partial charge in [0.15, 0.2) is 5.11 Å². The Labute approximate surface area is 185 Å². The molecule has 5 atom stereocenters. The monoisotopic (exact) mass is 433 g/mol. The van der Waals surface area contributed by atoms with Crippen molar-refractivity contribution in [3.05, 3.63) is 66.4 Å². The Morgan fingerprint density at radius 2 is 1.84 bits per heavy atom. The second-order valence-electron chi connectivity index (χ2n) is 8.69. The van der Waals surface area contributed by atoms with Crippen LogP contribution >= 0.6 is 12.2 Å². The van der Waals surface area contributed by atoms with E-state index >= 15 is 0 Å². The number of nitrogens with zero attached hydrogens (tertiary/aromatic N) is 3. The molecule has 31 heavy (non-hydrogen) atoms. The molecule has 4 aliphatic rings. The first-order valence-corrected chi connectivity index (χ1v) is 11.0. The van der Waals surface area contributed by atoms with Crippen LogP contribution in [0.5, 0.6) is 0 Å². The van der Waals surface area contributed by atoms with Crippen LogP contribution in [0, 0.1) is 5.92 Å². The zero-order valence-corrected chi connectivity index (χ0v) is 17.9. The van der Waals surface area contributed by atoms with Crippen molar-refractivity contribution in [2.45, 2.75) is 37.3 Å². The second-order valence-corrected chi connectivity index (χ2v) is 9.06. The number of hydrogen-bond acceptors (Lipinski definition) is 4. The highest BCUT2D eigenvalue weighted by Crippen LogP contribution is 2.46. The molecule has 6 nitrogen and oxygen atoms in total. The molecular weight excluding hydrogens is 410 g/mol. The molecule has 3 aliphatic heterocycles. The first kappa shape index (κ1) is 18.8. The Balaban J connectivity index is 1.46. The van der Waals surface area contributed by atoms with E-state index in [4.69, 9.17) is 17.0 Å². The molecule has 4 fully saturated rings. The van der Waals surface area contributed by atoms with Gasteiger partial charge in [-0.15, -0.1) is 0 Å². The maximum Gasteiger partial charge on any atom is 0.311 e. The Bertz CT molecular complexity index is 1190. The zero-order chi connectivity index (χ0) is 21.3. The number of fused-ring (bicyclic) bond motifs is 3. The lowest BCUT2D eigenvalue weighted by Crippen LogP contribution is -2.66. The highest BCUT2D eigenvalue weighted by molar-refractivity contribution is 7.80. The molecule has 1 aliphatic carbocycles. The zero-order valence-electron chi connectivity index (χ0n) is 17.1. The third-order valence-electron chi connectivity index (χ3n) is 6.99. The molecule has 1 aromatic heterocycles. The number of anilines is 1. The largest absolute Gasteiger partial charge is 0.457 e. The van der Waals surface area contributed by atoms with Crippen LogP contribution in [0.3, 0.4) is 0 Å². The number of benzene rings is 2. The van der Waals surface area contributed by atoms with Crippen LogP contribution in [-0.2, 0) is 23.1 Å². The fourth-order valence-corrected chi connectivity index (χ4v) is 6.08. The van der Waals surface area contributed by atoms with E-state index in [9.17, 15) is 9.90 Å². The molecule has 0 unspecified atom stereocenters. The normalized spacial score (nSPS) is 29.5. The predicted octanol–water partition coefficient (Wildman–Crippen LogP) is 2.83. The van der Waals surface area contributed by atoms with Crippen LogP contribution in [-0.4, -0.2) is 49.9 Å². The number of esters is 1. The summed E-state index contributed by atoms with van der Waals surface area (Å²) in [6.07, 6.45) is 1.30. The molecule has 1 N–H and O–H groups in total. The first-order valence-electron chi connectivity index (χ1n) is 10.6. The number of aromatic nitrogens is 1. The summed E-state index contributed by atoms with van der Waals surface area (Å²) in [5.41, 5.74) is 3.30. The van der Waals surface area contributed by atoms with Crippen molar-refractivity contribution in [1.29, 1.82) is 0 Å². The van der Waals surface area contributed by atoms with Gasteiger partial charge >= 0.3 is 5.97 Å². The molecule has 2 bridgehead atoms. The smallest absolute Gasteiger partial charge is 0.311 e. The summed E-state index contributed by atoms with van der Waals surface area (Å²) in [6, 6.07) is 18.0. The molecule has 2 aromatic carbocycles. The lowest BCUT2D eigenvalue weighted by atomic mass is 9.74. The molecule has 158 valence electrons. The topological polar surface area (TPSA) is 57.9 Å². The lowest BCUT2D eigenvalue weighted by molar-refractivity contribution is -0.194. The number of aryl methyl sites for hydroxylation is 1. The molecule has 3 saturated heterocycles. The van der Waals surface area contributed by atoms with Gasteiger partial charge < -0.3 is 24.2 Å². The van der Waals surface area contributed by atoms with Crippen LogP contribution in [0.2, 0.25) is 0 Å². The average molecular weight is 434 g/mol. The molecule has 0 spiro atoms. The highest BCUT2D eigenvalue weighted by Gasteiger charge is 2.63. The number of carbonyl (C=O) groups is 1. The summed E-state index contributed by atoms with van der Waals surface area (Å²) in [6.45, 7) is 0.595. The molecule has 0 amide bonds. The maximum absolute atomic E-state index is 12.6. The number of ether oxygens (including phenoxy) is 1. The van der Waals surface area contributed by atoms with E-state index in [-0.39, 0.29) is 18.1 Å². The minimum atomic E-state index is -0.669. The quantitative estimate of drug-likeness (QED) is 0.506. The third kappa shape index (κ3) is 2.66. The van der Waals surface area contributed by atoms with E-state index in [1.165, 1.54) is 5.39 Å². The van der Waals surface area contributed by atoms with Gasteiger partial charge in [-0.1, -0.05) is 36.4 Å². The number of hydrogen-bond donors (Lipinski definition) is 1. The second kappa shape index (κ2) is 6.80. The van der Waals surface area contributed by atoms with Crippen molar-refractivity contribution in [1.82, 2.24) is 9.47 Å². The van der Waals surface area contributed by atoms with Crippen molar-refractivity contribution in [2.75, 3.05) is 4.90 Å². The number of thiocarbonyl (C=S) groups is 1. The molecule has 7 heteroatoms. The number of aliphatic hydroxyl groups excluding tert-OH is 1. The van der Waals surface area contributed by atoms with Crippen LogP contribution in [0.15, 0.2) is 60.8 Å². The molecule has 3 aromatic rings. The van der Waals surface area contributed by atoms with Gasteiger partial charge in [-0.3, -0.25) is 4.79 Å². The summed E-state index contributed by atoms with van der Waals surface area (Å²) in [5, 5.41) is 12.6. The highest BCUT2D eigenvalue weighted by atomic mass is 32.1. The Kier molecular flexibility index (Phi) is 4.13. The van der Waals surface area contributed by atoms with Crippen LogP contribution in [0.25, 0.3) is 10.9 Å². The standard InChI is InChI=1S/C24H23N3O3S/c1-25-12-14(16-9-5-6-10-18(16)25)13-26-21-20(17-11-19(28)22(21)30-23(17)29)27(24(26)31)15-7-3-2-4-8-15/h2-10,12,17,19-22,28H,11,13H2,1H3/t17-,19-,20-,21-,22+/m1/s1. The molecule has 0 radical (unpaired) electrons. The van der Waals surface area contributed by atoms with Crippen molar-refractivity contribution in [3.63, 3.8) is 0 Å². The van der Waals surface area contributed by atoms with Gasteiger partial charge in [0.05, 0.1) is 24.1 Å². The molecular formula is C24H23N3O3S. The Morgan fingerprint density at radius 1 is 1.10 bits per heavy atom. The maximum atomic E-state index is 12.6. The Morgan fingerprint density at radius 3 is 2.65 bits per heavy atom. The van der Waals surface area contributed by atoms with Gasteiger partial charge in [0.25, 0.3) is 0 Å². The SMILES string of the molecule is Cn1cc(CN2C(=S)N(c3ccccc3)[C@H]3[C@@H]2[C@H]2OC(=O)[C@@H]3C[C@H]2O)c2ccccc21. The Hall–Kier alpha value is -2.90. The number of rotatable bonds is 3. The van der Waals surface area contributed by atoms with Crippen LogP contribution in [0.4, 0.5) is 5.69 Å². The molecule has 7 rings (SSSR count). The van der Waals surface area contributed by atoms with E-state index < -0.39 is 18.1 Å². The average Bonchev–Trinajstić information content (AvgIpc) is 3.25. The number of aliphatic hydroxyl groups is 1. The van der Waals surface area contributed by atoms with E-state index in [1.807, 2.05) is 49.5 Å². The third-order valence-corrected chi connectivity index (χ3v) is 7.42. The summed E-state index contributed by atoms with van der Waals surface area (Å²) >= 11 is 5.99. The van der Waals surface area contributed by atoms with Crippen molar-refractivity contribution < 1.29 is 14.6 Å². The van der Waals surface area contributed by atoms with Gasteiger partial charge in [0, 0.05) is 36.4 Å². The van der Waals surface area contributed by atoms with Gasteiger partial charge in [0.2, 0.25) is 0 Å². The van der Waals surface area contributed by atoms with E-state index in [0.717, 1.165) is 16.8 Å². The summed E-state index contributed by atoms with van der Waals surface area (Å²) in [7, 11) is 2.04. The lowest BCUT2D eigenvalue weighted by Gasteiger charge is -2.49. The fourth-order valence-electron chi connectivity index (χ4n) is 5.67. The minimum absolute atomic E-state index is 0.139. The van der Waals surface area contributed by atoms with E-state index in [2.05, 4.69) is 32.7 Å². The van der Waals surface area contributed by atoms with Gasteiger partial charge in [0.1, 0.15) is 6.10 Å². The minimum Gasteiger partial charge on any atom is -0.457 e. The summed E-state index contributed by atoms with van der Waals surface area (Å²) in [5.74, 6) is -0.632. The first-order chi connectivity index (χ1) is 15.0. The molecule has 4 heterocycles. The van der Waals surface area contributed by atoms with E-state index in [0.29, 0.717) is 18.1 Å². The predicted molar refractivity (Wildman–Crippen MR) is 122 cm³/mol. The van der Waals surface area contributed by atoms with Gasteiger partial charge in [-0.25, -0.2) is 0 Å². The van der Waals surface area contributed by atoms with E-state index in [1.54, 1.807) is 0 Å². The van der Waals surface area contributed by atoms with Crippen LogP contribution < -0.4 is 4.90 Å². The van der Waals surface area contributed by atoms with Gasteiger partial charge in [-0.2, -0.15) is 0 Å². The number of carbonyl (C=O) groups excluding carboxylic acids is 1. The fraction of sp³-hybridized carbons (Fsp3) is 0.333. The van der Waals surface area contributed by atoms with Crippen molar-refractivity contribution in [3.8, 4) is 0 Å². The number of para-hydroxylation sites is 2. The van der Waals surface area contributed by atoms with Crippen molar-refractivity contribution >= 4 is 39.9 Å². The summed E-state index contributed by atoms with van der Waals surface area (Å²) in [4.78, 5) is 16.9. The summed E-state index contributed by atoms with van der Waals surface area (Å²) < 4.78 is 7.81. The molecule has 1 saturated carbocycles. The van der Waals surface area contributed by atoms with Crippen LogP contribution in [0.1, 0.15) is 12.0 Å².